The van der Waals surface area contributed by atoms with Gasteiger partial charge < -0.3 is 16.7 Å². The molecule has 1 N–H and O–H groups in total. The van der Waals surface area contributed by atoms with Crippen LogP contribution in [0.1, 0.15) is 65.2 Å². The quantitative estimate of drug-likeness (QED) is 0.511. The van der Waals surface area contributed by atoms with Crippen LogP contribution in [-0.2, 0) is 0 Å². The first-order chi connectivity index (χ1) is 8.36. The lowest BCUT2D eigenvalue weighted by atomic mass is 10.0. The van der Waals surface area contributed by atoms with Crippen LogP contribution in [0.15, 0.2) is 0 Å². The number of unbranched alkanes of at least 4 members (excludes halogenated alkanes) is 4. The monoisotopic (exact) mass is 238 g/mol. The summed E-state index contributed by atoms with van der Waals surface area (Å²) in [5.41, 5.74) is 0. The maximum absolute atomic E-state index is 6.25. The molecule has 2 atom stereocenters. The van der Waals surface area contributed by atoms with Crippen molar-refractivity contribution in [3.63, 3.8) is 0 Å². The highest BCUT2D eigenvalue weighted by atomic mass is 15.1. The predicted octanol–water partition coefficient (Wildman–Crippen LogP) is 2.76. The van der Waals surface area contributed by atoms with Crippen molar-refractivity contribution in [2.45, 2.75) is 65.2 Å². The number of quaternary nitrogens is 1. The van der Waals surface area contributed by atoms with Crippen molar-refractivity contribution >= 4 is 0 Å². The van der Waals surface area contributed by atoms with E-state index in [1.807, 2.05) is 4.90 Å². The van der Waals surface area contributed by atoms with Gasteiger partial charge in [-0.2, -0.15) is 0 Å². The lowest BCUT2D eigenvalue weighted by Crippen LogP contribution is -3.10. The Morgan fingerprint density at radius 2 is 1.76 bits per heavy atom. The summed E-state index contributed by atoms with van der Waals surface area (Å²) >= 11 is 0. The van der Waals surface area contributed by atoms with Crippen molar-refractivity contribution in [2.75, 3.05) is 19.6 Å². The maximum Gasteiger partial charge on any atom is 0.0801 e. The number of nitrogens with one attached hydrogen (secondary N) is 1. The summed E-state index contributed by atoms with van der Waals surface area (Å²) < 4.78 is 0. The molecule has 0 amide bonds. The minimum atomic E-state index is 1.06. The molecule has 2 heteroatoms. The van der Waals surface area contributed by atoms with E-state index in [2.05, 4.69) is 13.8 Å². The molecular formula is C15H30N2. The molecule has 2 unspecified atom stereocenters. The van der Waals surface area contributed by atoms with Crippen molar-refractivity contribution < 1.29 is 4.90 Å². The van der Waals surface area contributed by atoms with Crippen molar-refractivity contribution in [3.05, 3.63) is 6.57 Å². The maximum atomic E-state index is 6.25. The van der Waals surface area contributed by atoms with Gasteiger partial charge in [0.1, 0.15) is 0 Å². The molecule has 1 saturated heterocycles. The average Bonchev–Trinajstić information content (AvgIpc) is 2.80. The van der Waals surface area contributed by atoms with Crippen molar-refractivity contribution in [1.82, 2.24) is 0 Å². The van der Waals surface area contributed by atoms with E-state index >= 15 is 0 Å². The summed E-state index contributed by atoms with van der Waals surface area (Å²) in [6.07, 6.45) is 11.6. The largest absolute Gasteiger partial charge is 0.512 e. The van der Waals surface area contributed by atoms with Crippen molar-refractivity contribution in [2.24, 2.45) is 5.92 Å². The molecule has 2 nitrogen and oxygen atoms in total. The van der Waals surface area contributed by atoms with Crippen LogP contribution >= 0.6 is 0 Å². The summed E-state index contributed by atoms with van der Waals surface area (Å²) in [6, 6.07) is 0. The Kier molecular flexibility index (Phi) is 11.5. The van der Waals surface area contributed by atoms with E-state index in [-0.39, 0.29) is 0 Å². The summed E-state index contributed by atoms with van der Waals surface area (Å²) in [5.74, 6) is 1.06. The molecule has 0 aromatic carbocycles. The van der Waals surface area contributed by atoms with Crippen molar-refractivity contribution in [3.8, 4) is 0 Å². The Morgan fingerprint density at radius 3 is 2.41 bits per heavy atom. The van der Waals surface area contributed by atoms with Crippen LogP contribution in [0.2, 0.25) is 0 Å². The van der Waals surface area contributed by atoms with Gasteiger partial charge in [-0.1, -0.05) is 39.5 Å². The second kappa shape index (κ2) is 11.9. The van der Waals surface area contributed by atoms with Crippen molar-refractivity contribution in [1.29, 1.82) is 5.26 Å². The molecule has 0 saturated carbocycles. The second-order valence-electron chi connectivity index (χ2n) is 5.31. The highest BCUT2D eigenvalue weighted by Gasteiger charge is 2.24. The van der Waals surface area contributed by atoms with Gasteiger partial charge in [0.05, 0.1) is 19.6 Å². The fourth-order valence-corrected chi connectivity index (χ4v) is 2.88. The zero-order valence-corrected chi connectivity index (χ0v) is 11.8. The molecule has 1 heterocycles. The zero-order valence-electron chi connectivity index (χ0n) is 11.8. The van der Waals surface area contributed by atoms with Crippen LogP contribution in [0.25, 0.3) is 0 Å². The molecule has 0 aliphatic carbocycles. The van der Waals surface area contributed by atoms with E-state index in [9.17, 15) is 0 Å². The Bertz CT molecular complexity index is 177. The van der Waals surface area contributed by atoms with Crippen LogP contribution < -0.4 is 4.90 Å². The van der Waals surface area contributed by atoms with E-state index in [0.717, 1.165) is 5.92 Å². The fraction of sp³-hybridized carbons (Fsp3) is 0.933. The predicted molar refractivity (Wildman–Crippen MR) is 72.3 cm³/mol. The molecule has 1 rings (SSSR count). The number of likely N-dealkylation sites (tertiary alicyclic amines) is 1. The Morgan fingerprint density at radius 1 is 1.06 bits per heavy atom. The van der Waals surface area contributed by atoms with Gasteiger partial charge in [-0.25, -0.2) is 0 Å². The lowest BCUT2D eigenvalue weighted by Gasteiger charge is -2.12. The van der Waals surface area contributed by atoms with E-state index in [1.165, 1.54) is 71.0 Å². The fourth-order valence-electron chi connectivity index (χ4n) is 2.88. The Labute approximate surface area is 108 Å². The number of hydrogen-bond donors (Lipinski definition) is 1. The molecule has 0 radical (unpaired) electrons. The normalized spacial score (nSPS) is 23.1. The number of rotatable bonds is 8. The second-order valence-corrected chi connectivity index (χ2v) is 5.31. The molecule has 0 aromatic heterocycles. The van der Waals surface area contributed by atoms with Gasteiger partial charge >= 0.3 is 0 Å². The zero-order chi connectivity index (χ0) is 12.9. The summed E-state index contributed by atoms with van der Waals surface area (Å²) in [5, 5.41) is 6.25. The van der Waals surface area contributed by atoms with Crippen LogP contribution in [0.4, 0.5) is 0 Å². The third-order valence-corrected chi connectivity index (χ3v) is 3.81. The third kappa shape index (κ3) is 8.21. The topological polar surface area (TPSA) is 28.2 Å². The molecule has 100 valence electrons. The number of hydrogen-bond acceptors (Lipinski definition) is 1. The molecule has 1 aliphatic rings. The Balaban J connectivity index is 0.00000121. The van der Waals surface area contributed by atoms with Gasteiger partial charge in [0.15, 0.2) is 0 Å². The average molecular weight is 238 g/mol. The smallest absolute Gasteiger partial charge is 0.0801 e. The van der Waals surface area contributed by atoms with Gasteiger partial charge in [0.25, 0.3) is 0 Å². The SMILES string of the molecule is CCCCCCC[NH+]1CCC(CCC)C1.[C-]#N. The number of nitrogens with zero attached hydrogens (tertiary/aromatic N) is 1. The van der Waals surface area contributed by atoms with Gasteiger partial charge in [-0.15, -0.1) is 0 Å². The lowest BCUT2D eigenvalue weighted by molar-refractivity contribution is -0.889. The van der Waals surface area contributed by atoms with Gasteiger partial charge in [0, 0.05) is 12.3 Å². The molecule has 0 bridgehead atoms. The highest BCUT2D eigenvalue weighted by molar-refractivity contribution is 4.61. The highest BCUT2D eigenvalue weighted by Crippen LogP contribution is 2.11. The molecular weight excluding hydrogens is 208 g/mol. The molecule has 0 spiro atoms. The summed E-state index contributed by atoms with van der Waals surface area (Å²) in [4.78, 5) is 1.89. The first kappa shape index (κ1) is 16.4. The first-order valence-corrected chi connectivity index (χ1v) is 7.42. The van der Waals surface area contributed by atoms with Crippen LogP contribution in [0.3, 0.4) is 0 Å². The molecule has 0 aromatic rings. The summed E-state index contributed by atoms with van der Waals surface area (Å²) in [6.45, 7) is 13.7. The summed E-state index contributed by atoms with van der Waals surface area (Å²) in [7, 11) is 0. The van der Waals surface area contributed by atoms with Crippen LogP contribution in [-0.4, -0.2) is 19.6 Å². The first-order valence-electron chi connectivity index (χ1n) is 7.42. The van der Waals surface area contributed by atoms with E-state index in [4.69, 9.17) is 11.8 Å². The minimum absolute atomic E-state index is 1.06. The van der Waals surface area contributed by atoms with Gasteiger partial charge in [0.2, 0.25) is 0 Å². The molecule has 17 heavy (non-hydrogen) atoms. The molecule has 1 fully saturated rings. The Hall–Kier alpha value is -0.550. The molecule has 1 aliphatic heterocycles. The van der Waals surface area contributed by atoms with E-state index in [1.54, 1.807) is 0 Å². The van der Waals surface area contributed by atoms with Gasteiger partial charge in [-0.05, 0) is 19.3 Å². The van der Waals surface area contributed by atoms with E-state index < -0.39 is 0 Å². The van der Waals surface area contributed by atoms with Crippen LogP contribution in [0.5, 0.6) is 0 Å². The minimum Gasteiger partial charge on any atom is -0.512 e. The standard InChI is InChI=1S/C14H29N.CN/c1-3-5-6-7-8-11-15-12-10-14(13-15)9-4-2;1-2/h14H,3-13H2,1-2H3;/q;-1/p+1. The third-order valence-electron chi connectivity index (χ3n) is 3.81. The van der Waals surface area contributed by atoms with E-state index in [0.29, 0.717) is 0 Å². The van der Waals surface area contributed by atoms with Crippen LogP contribution in [0, 0.1) is 17.8 Å². The van der Waals surface area contributed by atoms with Gasteiger partial charge in [-0.3, -0.25) is 0 Å².